The Balaban J connectivity index is 1.81. The predicted octanol–water partition coefficient (Wildman–Crippen LogP) is 2.63. The van der Waals surface area contributed by atoms with Gasteiger partial charge in [-0.25, -0.2) is 4.79 Å². The zero-order valence-electron chi connectivity index (χ0n) is 16.6. The lowest BCUT2D eigenvalue weighted by atomic mass is 9.53. The van der Waals surface area contributed by atoms with Crippen LogP contribution in [0.1, 0.15) is 38.2 Å². The first-order chi connectivity index (χ1) is 13.5. The fourth-order valence-electron chi connectivity index (χ4n) is 6.49. The molecule has 1 N–H and O–H groups in total. The summed E-state index contributed by atoms with van der Waals surface area (Å²) in [6.07, 6.45) is 3.16. The molecule has 3 unspecified atom stereocenters. The van der Waals surface area contributed by atoms with Gasteiger partial charge in [0, 0.05) is 28.9 Å². The second-order valence-electron chi connectivity index (χ2n) is 8.53. The minimum Gasteiger partial charge on any atom is -0.497 e. The molecule has 1 aliphatic carbocycles. The molecule has 2 saturated heterocycles. The van der Waals surface area contributed by atoms with Gasteiger partial charge in [0.2, 0.25) is 0 Å². The highest BCUT2D eigenvalue weighted by Crippen LogP contribution is 2.64. The number of fused-ring (bicyclic) bond motifs is 1. The molecular formula is C22H26N2O4. The van der Waals surface area contributed by atoms with Crippen LogP contribution in [-0.2, 0) is 19.7 Å². The number of methoxy groups -OCH3 is 2. The second kappa shape index (κ2) is 5.83. The van der Waals surface area contributed by atoms with Crippen molar-refractivity contribution in [3.63, 3.8) is 0 Å². The van der Waals surface area contributed by atoms with Crippen LogP contribution in [0.25, 0.3) is 0 Å². The van der Waals surface area contributed by atoms with Crippen LogP contribution < -0.4 is 10.1 Å². The van der Waals surface area contributed by atoms with E-state index in [4.69, 9.17) is 9.47 Å². The molecular weight excluding hydrogens is 356 g/mol. The summed E-state index contributed by atoms with van der Waals surface area (Å²) in [4.78, 5) is 28.4. The highest BCUT2D eigenvalue weighted by molar-refractivity contribution is 5.96. The monoisotopic (exact) mass is 382 g/mol. The van der Waals surface area contributed by atoms with Gasteiger partial charge in [-0.1, -0.05) is 6.07 Å². The molecule has 0 amide bonds. The number of hydrogen-bond donors (Lipinski definition) is 1. The summed E-state index contributed by atoms with van der Waals surface area (Å²) in [5.74, 6) is 0.633. The summed E-state index contributed by atoms with van der Waals surface area (Å²) in [6, 6.07) is 6.16. The first-order valence-electron chi connectivity index (χ1n) is 10.0. The number of carbonyl (C=O) groups excluding carboxylic acids is 2. The first-order valence-corrected chi connectivity index (χ1v) is 10.0. The number of Topliss-reactive ketones (excluding diaryl/α,β-unsaturated/α-hetero) is 1. The Hall–Kier alpha value is -2.34. The Kier molecular flexibility index (Phi) is 3.69. The summed E-state index contributed by atoms with van der Waals surface area (Å²) in [5, 5.41) is 3.54. The lowest BCUT2D eigenvalue weighted by Crippen LogP contribution is -2.62. The van der Waals surface area contributed by atoms with Crippen molar-refractivity contribution in [2.24, 2.45) is 5.41 Å². The Morgan fingerprint density at radius 2 is 2.04 bits per heavy atom. The van der Waals surface area contributed by atoms with Crippen molar-refractivity contribution in [3.05, 3.63) is 35.0 Å². The topological polar surface area (TPSA) is 67.9 Å². The van der Waals surface area contributed by atoms with E-state index in [9.17, 15) is 9.59 Å². The molecule has 1 aromatic carbocycles. The van der Waals surface area contributed by atoms with E-state index in [1.807, 2.05) is 12.1 Å². The Bertz CT molecular complexity index is 923. The minimum absolute atomic E-state index is 0.0804. The van der Waals surface area contributed by atoms with E-state index >= 15 is 0 Å². The summed E-state index contributed by atoms with van der Waals surface area (Å²) < 4.78 is 10.6. The summed E-state index contributed by atoms with van der Waals surface area (Å²) in [5.41, 5.74) is 2.81. The van der Waals surface area contributed by atoms with Gasteiger partial charge in [0.15, 0.2) is 0 Å². The number of ketones is 1. The van der Waals surface area contributed by atoms with Crippen LogP contribution in [0.3, 0.4) is 0 Å². The van der Waals surface area contributed by atoms with E-state index in [1.54, 1.807) is 14.0 Å². The number of ether oxygens (including phenoxy) is 2. The van der Waals surface area contributed by atoms with Crippen molar-refractivity contribution >= 4 is 17.4 Å². The third kappa shape index (κ3) is 1.96. The van der Waals surface area contributed by atoms with E-state index in [1.165, 1.54) is 12.7 Å². The van der Waals surface area contributed by atoms with Crippen molar-refractivity contribution < 1.29 is 19.1 Å². The highest BCUT2D eigenvalue weighted by Gasteiger charge is 2.68. The molecule has 0 aromatic heterocycles. The third-order valence-corrected chi connectivity index (χ3v) is 7.56. The highest BCUT2D eigenvalue weighted by atomic mass is 16.5. The molecule has 148 valence electrons. The average molecular weight is 382 g/mol. The number of anilines is 1. The van der Waals surface area contributed by atoms with Crippen LogP contribution in [-0.4, -0.2) is 50.0 Å². The van der Waals surface area contributed by atoms with Gasteiger partial charge >= 0.3 is 5.97 Å². The normalized spacial score (nSPS) is 32.9. The van der Waals surface area contributed by atoms with E-state index in [0.29, 0.717) is 12.0 Å². The van der Waals surface area contributed by atoms with Gasteiger partial charge < -0.3 is 14.8 Å². The Morgan fingerprint density at radius 1 is 1.21 bits per heavy atom. The number of nitrogens with one attached hydrogen (secondary N) is 1. The van der Waals surface area contributed by atoms with Gasteiger partial charge in [-0.05, 0) is 57.3 Å². The quantitative estimate of drug-likeness (QED) is 0.811. The second-order valence-corrected chi connectivity index (χ2v) is 8.53. The van der Waals surface area contributed by atoms with Crippen LogP contribution in [0.4, 0.5) is 5.69 Å². The third-order valence-electron chi connectivity index (χ3n) is 7.56. The maximum atomic E-state index is 13.1. The molecule has 3 atom stereocenters. The van der Waals surface area contributed by atoms with Crippen molar-refractivity contribution in [3.8, 4) is 5.75 Å². The lowest BCUT2D eigenvalue weighted by Gasteiger charge is -2.54. The van der Waals surface area contributed by atoms with Crippen LogP contribution in [0.2, 0.25) is 0 Å². The number of piperidine rings is 1. The molecule has 2 fully saturated rings. The maximum Gasteiger partial charge on any atom is 0.335 e. The van der Waals surface area contributed by atoms with Crippen LogP contribution in [0, 0.1) is 5.41 Å². The van der Waals surface area contributed by atoms with Gasteiger partial charge in [-0.2, -0.15) is 0 Å². The molecule has 0 bridgehead atoms. The van der Waals surface area contributed by atoms with Crippen molar-refractivity contribution in [1.29, 1.82) is 0 Å². The first kappa shape index (κ1) is 17.7. The van der Waals surface area contributed by atoms with E-state index in [0.717, 1.165) is 49.5 Å². The zero-order valence-corrected chi connectivity index (χ0v) is 16.6. The van der Waals surface area contributed by atoms with Gasteiger partial charge in [-0.15, -0.1) is 0 Å². The van der Waals surface area contributed by atoms with Gasteiger partial charge in [0.1, 0.15) is 11.5 Å². The smallest absolute Gasteiger partial charge is 0.335 e. The summed E-state index contributed by atoms with van der Waals surface area (Å²) >= 11 is 0. The van der Waals surface area contributed by atoms with E-state index in [2.05, 4.69) is 16.3 Å². The number of rotatable bonds is 3. The lowest BCUT2D eigenvalue weighted by molar-refractivity contribution is -0.140. The molecule has 4 aliphatic rings. The van der Waals surface area contributed by atoms with Crippen LogP contribution >= 0.6 is 0 Å². The fraction of sp³-hybridized carbons (Fsp3) is 0.545. The molecule has 3 aliphatic heterocycles. The molecule has 6 nitrogen and oxygen atoms in total. The van der Waals surface area contributed by atoms with Crippen molar-refractivity contribution in [2.45, 2.75) is 44.1 Å². The summed E-state index contributed by atoms with van der Waals surface area (Å²) in [6.45, 7) is 3.64. The fourth-order valence-corrected chi connectivity index (χ4v) is 6.49. The molecule has 3 heterocycles. The number of benzene rings is 1. The van der Waals surface area contributed by atoms with Crippen molar-refractivity contribution in [2.75, 3.05) is 32.6 Å². The molecule has 28 heavy (non-hydrogen) atoms. The number of hydrogen-bond acceptors (Lipinski definition) is 6. The molecule has 5 rings (SSSR count). The average Bonchev–Trinajstić information content (AvgIpc) is 3.26. The minimum atomic E-state index is -0.537. The van der Waals surface area contributed by atoms with Gasteiger partial charge in [0.25, 0.3) is 0 Å². The molecule has 6 heteroatoms. The Labute approximate surface area is 164 Å². The van der Waals surface area contributed by atoms with Crippen LogP contribution in [0.15, 0.2) is 29.5 Å². The van der Waals surface area contributed by atoms with E-state index < -0.39 is 5.41 Å². The largest absolute Gasteiger partial charge is 0.497 e. The van der Waals surface area contributed by atoms with E-state index in [-0.39, 0.29) is 23.2 Å². The predicted molar refractivity (Wildman–Crippen MR) is 104 cm³/mol. The summed E-state index contributed by atoms with van der Waals surface area (Å²) in [7, 11) is 3.07. The maximum absolute atomic E-state index is 13.1. The molecule has 1 aromatic rings. The molecule has 0 saturated carbocycles. The van der Waals surface area contributed by atoms with Gasteiger partial charge in [0.05, 0.1) is 25.2 Å². The number of nitrogens with zero attached hydrogens (tertiary/aromatic N) is 1. The van der Waals surface area contributed by atoms with Crippen LogP contribution in [0.5, 0.6) is 5.75 Å². The Morgan fingerprint density at radius 3 is 2.75 bits per heavy atom. The van der Waals surface area contributed by atoms with Gasteiger partial charge in [-0.3, -0.25) is 9.69 Å². The zero-order chi connectivity index (χ0) is 19.7. The molecule has 1 spiro atoms. The number of esters is 1. The number of carbonyl (C=O) groups is 2. The SMILES string of the molecule is COC(=O)C1=C2Nc3cc(OC)ccc3C23CCN2CCCC(C(C)=O)(C1)C23. The molecule has 0 radical (unpaired) electrons. The van der Waals surface area contributed by atoms with Crippen molar-refractivity contribution in [1.82, 2.24) is 4.90 Å². The standard InChI is InChI=1S/C22H26N2O4/c1-13(25)21-7-4-9-24-10-8-22(20(21)24)16-6-5-14(27-2)11-17(16)23-18(22)15(12-21)19(26)28-3/h5-6,11,20,23H,4,7-10,12H2,1-3H3.